The Morgan fingerprint density at radius 1 is 0.328 bits per heavy atom. The van der Waals surface area contributed by atoms with E-state index in [0.717, 1.165) is 77.0 Å². The normalized spacial score (nSPS) is 13.0. The molecule has 0 aliphatic rings. The summed E-state index contributed by atoms with van der Waals surface area (Å²) < 4.78 is 16.7. The number of rotatable bonds is 45. The van der Waals surface area contributed by atoms with E-state index in [2.05, 4.69) is 118 Å². The molecule has 0 amide bonds. The van der Waals surface area contributed by atoms with Gasteiger partial charge < -0.3 is 14.2 Å². The van der Waals surface area contributed by atoms with Crippen molar-refractivity contribution in [2.24, 2.45) is 0 Å². The van der Waals surface area contributed by atoms with Gasteiger partial charge >= 0.3 is 17.9 Å². The summed E-state index contributed by atoms with van der Waals surface area (Å²) in [6, 6.07) is 0. The summed E-state index contributed by atoms with van der Waals surface area (Å²) in [7, 11) is 0. The molecule has 0 aliphatic carbocycles. The van der Waals surface area contributed by atoms with E-state index in [1.807, 2.05) is 12.2 Å². The fraction of sp³-hybridized carbons (Fsp3) is 0.638. The van der Waals surface area contributed by atoms with Gasteiger partial charge in [0, 0.05) is 19.3 Å². The lowest BCUT2D eigenvalue weighted by molar-refractivity contribution is -0.166. The van der Waals surface area contributed by atoms with Crippen molar-refractivity contribution in [3.63, 3.8) is 0 Å². The van der Waals surface area contributed by atoms with E-state index in [4.69, 9.17) is 14.2 Å². The van der Waals surface area contributed by atoms with Gasteiger partial charge in [0.1, 0.15) is 13.2 Å². The van der Waals surface area contributed by atoms with Crippen LogP contribution in [0.25, 0.3) is 0 Å². The molecular formula is C58H94O6. The fourth-order valence-corrected chi connectivity index (χ4v) is 6.66. The molecule has 0 fully saturated rings. The van der Waals surface area contributed by atoms with Gasteiger partial charge in [-0.25, -0.2) is 0 Å². The SMILES string of the molecule is CC/C=C\C/C=C\C/C=C\C/C=C\C/C=C\CCC(=O)OC(COC(=O)CCC/C=C\C/C=C\C/C=C\C/C=C\CCCCC)COC(=O)CCCCCCCCCCCCCCC. The third-order valence-corrected chi connectivity index (χ3v) is 10.5. The molecule has 0 aromatic heterocycles. The second-order valence-corrected chi connectivity index (χ2v) is 16.7. The van der Waals surface area contributed by atoms with Crippen LogP contribution in [-0.4, -0.2) is 37.2 Å². The summed E-state index contributed by atoms with van der Waals surface area (Å²) >= 11 is 0. The first-order valence-corrected chi connectivity index (χ1v) is 25.9. The first-order chi connectivity index (χ1) is 31.5. The van der Waals surface area contributed by atoms with Gasteiger partial charge in [0.25, 0.3) is 0 Å². The Morgan fingerprint density at radius 2 is 0.656 bits per heavy atom. The van der Waals surface area contributed by atoms with Crippen molar-refractivity contribution >= 4 is 17.9 Å². The van der Waals surface area contributed by atoms with Crippen molar-refractivity contribution in [3.05, 3.63) is 109 Å². The third kappa shape index (κ3) is 49.1. The van der Waals surface area contributed by atoms with E-state index in [1.165, 1.54) is 89.9 Å². The number of carbonyl (C=O) groups is 3. The summed E-state index contributed by atoms with van der Waals surface area (Å²) in [4.78, 5) is 37.9. The molecule has 0 spiro atoms. The largest absolute Gasteiger partial charge is 0.462 e. The van der Waals surface area contributed by atoms with Crippen LogP contribution in [0.4, 0.5) is 0 Å². The molecule has 0 aromatic rings. The lowest BCUT2D eigenvalue weighted by atomic mass is 10.0. The zero-order valence-electron chi connectivity index (χ0n) is 41.3. The number of allylic oxidation sites excluding steroid dienone is 18. The van der Waals surface area contributed by atoms with Crippen LogP contribution < -0.4 is 0 Å². The van der Waals surface area contributed by atoms with Gasteiger partial charge in [0.15, 0.2) is 6.10 Å². The quantitative estimate of drug-likeness (QED) is 0.0262. The van der Waals surface area contributed by atoms with Crippen LogP contribution in [0.15, 0.2) is 109 Å². The van der Waals surface area contributed by atoms with Gasteiger partial charge in [-0.15, -0.1) is 0 Å². The van der Waals surface area contributed by atoms with Gasteiger partial charge in [0.2, 0.25) is 0 Å². The summed E-state index contributed by atoms with van der Waals surface area (Å²) in [5, 5.41) is 0. The lowest BCUT2D eigenvalue weighted by Crippen LogP contribution is -2.30. The molecular weight excluding hydrogens is 793 g/mol. The maximum absolute atomic E-state index is 12.8. The highest BCUT2D eigenvalue weighted by atomic mass is 16.6. The summed E-state index contributed by atoms with van der Waals surface area (Å²) in [5.41, 5.74) is 0. The number of carbonyl (C=O) groups excluding carboxylic acids is 3. The number of unbranched alkanes of at least 4 members (excludes halogenated alkanes) is 16. The Labute approximate surface area is 393 Å². The maximum atomic E-state index is 12.8. The van der Waals surface area contributed by atoms with Crippen LogP contribution in [0, 0.1) is 0 Å². The molecule has 0 saturated heterocycles. The Bertz CT molecular complexity index is 1340. The smallest absolute Gasteiger partial charge is 0.306 e. The highest BCUT2D eigenvalue weighted by Crippen LogP contribution is 2.14. The molecule has 0 aliphatic heterocycles. The minimum Gasteiger partial charge on any atom is -0.462 e. The molecule has 64 heavy (non-hydrogen) atoms. The number of hydrogen-bond acceptors (Lipinski definition) is 6. The molecule has 0 N–H and O–H groups in total. The van der Waals surface area contributed by atoms with E-state index in [0.29, 0.717) is 19.3 Å². The average Bonchev–Trinajstić information content (AvgIpc) is 3.29. The molecule has 1 unspecified atom stereocenters. The van der Waals surface area contributed by atoms with Crippen molar-refractivity contribution < 1.29 is 28.6 Å². The summed E-state index contributed by atoms with van der Waals surface area (Å²) in [6.07, 6.45) is 69.4. The van der Waals surface area contributed by atoms with Crippen molar-refractivity contribution in [3.8, 4) is 0 Å². The molecule has 0 aromatic carbocycles. The number of esters is 3. The predicted molar refractivity (Wildman–Crippen MR) is 274 cm³/mol. The topological polar surface area (TPSA) is 78.9 Å². The molecule has 0 radical (unpaired) electrons. The second-order valence-electron chi connectivity index (χ2n) is 16.7. The molecule has 0 saturated carbocycles. The molecule has 0 rings (SSSR count). The minimum absolute atomic E-state index is 0.125. The van der Waals surface area contributed by atoms with E-state index < -0.39 is 12.1 Å². The van der Waals surface area contributed by atoms with Crippen LogP contribution >= 0.6 is 0 Å². The van der Waals surface area contributed by atoms with E-state index in [-0.39, 0.29) is 38.0 Å². The Kier molecular flexibility index (Phi) is 48.5. The maximum Gasteiger partial charge on any atom is 0.306 e. The Hall–Kier alpha value is -3.93. The lowest BCUT2D eigenvalue weighted by Gasteiger charge is -2.18. The molecule has 0 bridgehead atoms. The summed E-state index contributed by atoms with van der Waals surface area (Å²) in [6.45, 7) is 6.37. The summed E-state index contributed by atoms with van der Waals surface area (Å²) in [5.74, 6) is -1.07. The van der Waals surface area contributed by atoms with Crippen molar-refractivity contribution in [1.29, 1.82) is 0 Å². The van der Waals surface area contributed by atoms with Gasteiger partial charge in [0.05, 0.1) is 0 Å². The van der Waals surface area contributed by atoms with Gasteiger partial charge in [-0.1, -0.05) is 220 Å². The predicted octanol–water partition coefficient (Wildman–Crippen LogP) is 17.1. The highest BCUT2D eigenvalue weighted by molar-refractivity contribution is 5.71. The standard InChI is InChI=1S/C58H94O6/c1-4-7-10-13-16-19-22-25-27-29-31-33-36-39-42-45-48-51-57(60)63-54-55(53-62-56(59)50-47-44-41-38-35-32-24-21-18-15-12-9-6-3)64-58(61)52-49-46-43-40-37-34-30-28-26-23-20-17-14-11-8-5-2/h8,11,16-17,19-20,25-28,31,33-34,37,39,42-43,46,55H,4-7,9-10,12-15,18,21-24,29-30,32,35-36,38,40-41,44-45,47-54H2,1-3H3/b11-8-,19-16-,20-17-,27-25-,28-26-,33-31-,37-34-,42-39-,46-43-. The molecule has 0 heterocycles. The van der Waals surface area contributed by atoms with Crippen LogP contribution in [0.5, 0.6) is 0 Å². The van der Waals surface area contributed by atoms with Crippen molar-refractivity contribution in [2.45, 2.75) is 226 Å². The number of ether oxygens (including phenoxy) is 3. The Morgan fingerprint density at radius 3 is 1.08 bits per heavy atom. The first-order valence-electron chi connectivity index (χ1n) is 25.9. The van der Waals surface area contributed by atoms with Crippen molar-refractivity contribution in [1.82, 2.24) is 0 Å². The minimum atomic E-state index is -0.839. The first kappa shape index (κ1) is 60.1. The van der Waals surface area contributed by atoms with Gasteiger partial charge in [-0.05, 0) is 89.9 Å². The van der Waals surface area contributed by atoms with E-state index in [1.54, 1.807) is 0 Å². The molecule has 1 atom stereocenters. The van der Waals surface area contributed by atoms with Gasteiger partial charge in [-0.2, -0.15) is 0 Å². The molecule has 6 nitrogen and oxygen atoms in total. The fourth-order valence-electron chi connectivity index (χ4n) is 6.66. The molecule has 6 heteroatoms. The second kappa shape index (κ2) is 51.7. The van der Waals surface area contributed by atoms with Crippen molar-refractivity contribution in [2.75, 3.05) is 13.2 Å². The number of hydrogen-bond donors (Lipinski definition) is 0. The zero-order valence-corrected chi connectivity index (χ0v) is 41.3. The zero-order chi connectivity index (χ0) is 46.5. The van der Waals surface area contributed by atoms with E-state index in [9.17, 15) is 14.4 Å². The van der Waals surface area contributed by atoms with Crippen LogP contribution in [-0.2, 0) is 28.6 Å². The highest BCUT2D eigenvalue weighted by Gasteiger charge is 2.19. The van der Waals surface area contributed by atoms with Gasteiger partial charge in [-0.3, -0.25) is 14.4 Å². The van der Waals surface area contributed by atoms with Crippen LogP contribution in [0.2, 0.25) is 0 Å². The monoisotopic (exact) mass is 887 g/mol. The molecule has 362 valence electrons. The average molecular weight is 887 g/mol. The van der Waals surface area contributed by atoms with Crippen LogP contribution in [0.3, 0.4) is 0 Å². The Balaban J connectivity index is 4.59. The van der Waals surface area contributed by atoms with Crippen LogP contribution in [0.1, 0.15) is 220 Å². The van der Waals surface area contributed by atoms with E-state index >= 15 is 0 Å². The third-order valence-electron chi connectivity index (χ3n) is 10.5.